The fourth-order valence-corrected chi connectivity index (χ4v) is 9.07. The van der Waals surface area contributed by atoms with Crippen LogP contribution in [0.25, 0.3) is 98.0 Å². The summed E-state index contributed by atoms with van der Waals surface area (Å²) in [6.45, 7) is 0. The smallest absolute Gasteiger partial charge is 0.264 e. The van der Waals surface area contributed by atoms with Crippen LogP contribution in [-0.4, -0.2) is 18.8 Å². The van der Waals surface area contributed by atoms with E-state index in [1.165, 1.54) is 0 Å². The molecule has 6 nitrogen and oxygen atoms in total. The molecule has 0 bridgehead atoms. The van der Waals surface area contributed by atoms with Crippen LogP contribution >= 0.6 is 46.4 Å². The second-order valence-corrected chi connectivity index (χ2v) is 13.4. The van der Waals surface area contributed by atoms with Crippen LogP contribution in [0.3, 0.4) is 0 Å². The van der Waals surface area contributed by atoms with Gasteiger partial charge in [0.05, 0.1) is 32.8 Å². The minimum absolute atomic E-state index is 0.240. The molecule has 46 heavy (non-hydrogen) atoms. The Bertz CT molecular complexity index is 3110. The fraction of sp³-hybridized carbons (Fsp3) is 0. The van der Waals surface area contributed by atoms with Gasteiger partial charge in [0, 0.05) is 74.0 Å². The summed E-state index contributed by atoms with van der Waals surface area (Å²) in [5, 5.41) is 8.94. The van der Waals surface area contributed by atoms with Crippen LogP contribution in [0.4, 0.5) is 0 Å². The third-order valence-electron chi connectivity index (χ3n) is 9.59. The van der Waals surface area contributed by atoms with Crippen molar-refractivity contribution in [3.8, 4) is 0 Å². The van der Waals surface area contributed by atoms with E-state index in [9.17, 15) is 9.59 Å². The van der Waals surface area contributed by atoms with Gasteiger partial charge in [0.25, 0.3) is 11.1 Å². The molecule has 216 valence electrons. The molecular formula is C36H12Cl4N4O2. The molecule has 0 amide bonds. The second-order valence-electron chi connectivity index (χ2n) is 11.8. The first-order valence-corrected chi connectivity index (χ1v) is 15.9. The summed E-state index contributed by atoms with van der Waals surface area (Å²) in [5.74, 6) is 0. The SMILES string of the molecule is O=c1c2cc(Cl)c3c4c(Cl)cc5c(=O)n6c7ccccc7nc6c6cc(Cl)c(c7c(Cl)cc(c2c37)c2nc3ccccc3n12)c4c56. The van der Waals surface area contributed by atoms with Crippen LogP contribution in [0.1, 0.15) is 0 Å². The van der Waals surface area contributed by atoms with Crippen LogP contribution in [0.5, 0.6) is 0 Å². The van der Waals surface area contributed by atoms with Crippen LogP contribution in [0.15, 0.2) is 82.4 Å². The first-order valence-electron chi connectivity index (χ1n) is 14.4. The highest BCUT2D eigenvalue weighted by Gasteiger charge is 2.29. The molecule has 4 aromatic heterocycles. The molecule has 0 saturated heterocycles. The van der Waals surface area contributed by atoms with Crippen LogP contribution in [0.2, 0.25) is 20.1 Å². The van der Waals surface area contributed by atoms with Gasteiger partial charge in [-0.1, -0.05) is 70.7 Å². The molecule has 0 unspecified atom stereocenters. The Morgan fingerprint density at radius 2 is 0.783 bits per heavy atom. The molecular weight excluding hydrogens is 662 g/mol. The number of pyridine rings is 2. The lowest BCUT2D eigenvalue weighted by Gasteiger charge is -2.21. The third kappa shape index (κ3) is 2.73. The number of rotatable bonds is 0. The van der Waals surface area contributed by atoms with E-state index in [2.05, 4.69) is 0 Å². The molecule has 0 radical (unpaired) electrons. The number of fused-ring (bicyclic) bond motifs is 10. The van der Waals surface area contributed by atoms with Gasteiger partial charge < -0.3 is 0 Å². The zero-order valence-corrected chi connectivity index (χ0v) is 26.1. The highest BCUT2D eigenvalue weighted by molar-refractivity contribution is 6.56. The number of hydrogen-bond acceptors (Lipinski definition) is 4. The maximum absolute atomic E-state index is 14.2. The number of benzene rings is 7. The van der Waals surface area contributed by atoms with E-state index in [1.807, 2.05) is 60.7 Å². The van der Waals surface area contributed by atoms with E-state index in [1.54, 1.807) is 20.9 Å². The monoisotopic (exact) mass is 672 g/mol. The topological polar surface area (TPSA) is 68.7 Å². The first kappa shape index (κ1) is 25.5. The third-order valence-corrected chi connectivity index (χ3v) is 10.8. The quantitative estimate of drug-likeness (QED) is 0.119. The van der Waals surface area contributed by atoms with Crippen molar-refractivity contribution in [1.82, 2.24) is 18.8 Å². The highest BCUT2D eigenvalue weighted by Crippen LogP contribution is 2.53. The van der Waals surface area contributed by atoms with E-state index in [0.29, 0.717) is 118 Å². The van der Waals surface area contributed by atoms with Crippen molar-refractivity contribution in [2.24, 2.45) is 0 Å². The normalized spacial score (nSPS) is 13.0. The summed E-state index contributed by atoms with van der Waals surface area (Å²) in [5.41, 5.74) is 3.29. The van der Waals surface area contributed by atoms with Gasteiger partial charge in [0.2, 0.25) is 0 Å². The van der Waals surface area contributed by atoms with Gasteiger partial charge in [0.15, 0.2) is 0 Å². The largest absolute Gasteiger partial charge is 0.268 e. The van der Waals surface area contributed by atoms with Gasteiger partial charge in [-0.2, -0.15) is 0 Å². The summed E-state index contributed by atoms with van der Waals surface area (Å²) in [6, 6.07) is 22.1. The number of hydrogen-bond donors (Lipinski definition) is 0. The van der Waals surface area contributed by atoms with Crippen molar-refractivity contribution in [2.75, 3.05) is 0 Å². The first-order chi connectivity index (χ1) is 22.3. The van der Waals surface area contributed by atoms with Gasteiger partial charge in [-0.05, 0) is 48.5 Å². The van der Waals surface area contributed by atoms with Crippen molar-refractivity contribution in [3.05, 3.63) is 114 Å². The van der Waals surface area contributed by atoms with E-state index >= 15 is 0 Å². The number of aromatic nitrogens is 4. The molecule has 0 aliphatic rings. The summed E-state index contributed by atoms with van der Waals surface area (Å²) in [4.78, 5) is 38.1. The molecule has 0 fully saturated rings. The van der Waals surface area contributed by atoms with Gasteiger partial charge in [-0.25, -0.2) is 9.97 Å². The Kier molecular flexibility index (Phi) is 4.52. The fourth-order valence-electron chi connectivity index (χ4n) is 7.87. The molecule has 7 aromatic carbocycles. The maximum atomic E-state index is 14.2. The Labute approximate surface area is 275 Å². The summed E-state index contributed by atoms with van der Waals surface area (Å²) < 4.78 is 3.22. The number of nitrogens with zero attached hydrogens (tertiary/aromatic N) is 4. The van der Waals surface area contributed by atoms with Crippen LogP contribution < -0.4 is 11.1 Å². The standard InChI is InChI=1S/C36H12Cl4N4O2/c37-17-9-13-25-15(35(45)43-23-7-3-1-5-21(23)41-33(13)43)11-19(39)29-30-20(40)12-16-26-14(10-18(38)28(32(26)30)27(17)31(25)29)34-42-22-6-2-4-8-24(22)44(34)36(16)46/h1-12H. The molecule has 0 aliphatic heterocycles. The summed E-state index contributed by atoms with van der Waals surface area (Å²) in [7, 11) is 0. The zero-order valence-electron chi connectivity index (χ0n) is 23.0. The van der Waals surface area contributed by atoms with Crippen molar-refractivity contribution in [1.29, 1.82) is 0 Å². The maximum Gasteiger partial charge on any atom is 0.264 e. The summed E-state index contributed by atoms with van der Waals surface area (Å²) in [6.07, 6.45) is 0. The molecule has 0 spiro atoms. The molecule has 11 rings (SSSR count). The zero-order chi connectivity index (χ0) is 30.9. The van der Waals surface area contributed by atoms with Crippen molar-refractivity contribution in [2.45, 2.75) is 0 Å². The number of halogens is 4. The molecule has 0 saturated carbocycles. The molecule has 0 atom stereocenters. The Morgan fingerprint density at radius 1 is 0.435 bits per heavy atom. The van der Waals surface area contributed by atoms with E-state index in [0.717, 1.165) is 0 Å². The Morgan fingerprint density at radius 3 is 1.17 bits per heavy atom. The van der Waals surface area contributed by atoms with Crippen molar-refractivity contribution in [3.63, 3.8) is 0 Å². The molecule has 11 aromatic rings. The average Bonchev–Trinajstić information content (AvgIpc) is 3.64. The van der Waals surface area contributed by atoms with Crippen molar-refractivity contribution >= 4 is 144 Å². The lowest BCUT2D eigenvalue weighted by atomic mass is 9.86. The highest BCUT2D eigenvalue weighted by atomic mass is 35.5. The average molecular weight is 674 g/mol. The molecule has 0 aliphatic carbocycles. The van der Waals surface area contributed by atoms with Gasteiger partial charge in [0.1, 0.15) is 11.3 Å². The number of para-hydroxylation sites is 4. The van der Waals surface area contributed by atoms with E-state index in [4.69, 9.17) is 56.4 Å². The summed E-state index contributed by atoms with van der Waals surface area (Å²) >= 11 is 28.8. The lowest BCUT2D eigenvalue weighted by Crippen LogP contribution is -2.14. The molecule has 10 heteroatoms. The van der Waals surface area contributed by atoms with Crippen LogP contribution in [0, 0.1) is 0 Å². The molecule has 0 N–H and O–H groups in total. The van der Waals surface area contributed by atoms with E-state index in [-0.39, 0.29) is 11.1 Å². The Hall–Kier alpha value is -4.72. The minimum Gasteiger partial charge on any atom is -0.268 e. The van der Waals surface area contributed by atoms with Crippen LogP contribution in [-0.2, 0) is 0 Å². The van der Waals surface area contributed by atoms with Gasteiger partial charge >= 0.3 is 0 Å². The lowest BCUT2D eigenvalue weighted by molar-refractivity contribution is 1.19. The second kappa shape index (κ2) is 8.16. The predicted octanol–water partition coefficient (Wildman–Crippen LogP) is 9.85. The number of imidazole rings is 2. The van der Waals surface area contributed by atoms with Gasteiger partial charge in [-0.3, -0.25) is 18.4 Å². The van der Waals surface area contributed by atoms with Gasteiger partial charge in [-0.15, -0.1) is 0 Å². The van der Waals surface area contributed by atoms with Crippen molar-refractivity contribution < 1.29 is 0 Å². The predicted molar refractivity (Wildman–Crippen MR) is 190 cm³/mol. The van der Waals surface area contributed by atoms with E-state index < -0.39 is 0 Å². The minimum atomic E-state index is -0.240. The molecule has 4 heterocycles. The Balaban J connectivity index is 1.48.